The summed E-state index contributed by atoms with van der Waals surface area (Å²) in [5.74, 6) is 0.801. The predicted octanol–water partition coefficient (Wildman–Crippen LogP) is 3.15. The van der Waals surface area contributed by atoms with Crippen molar-refractivity contribution in [2.24, 2.45) is 0 Å². The van der Waals surface area contributed by atoms with Crippen LogP contribution in [0.25, 0.3) is 0 Å². The average molecular weight is 291 g/mol. The first-order chi connectivity index (χ1) is 9.65. The number of aliphatic hydroxyl groups excluding tert-OH is 1. The molecule has 2 aromatic rings. The van der Waals surface area contributed by atoms with Crippen molar-refractivity contribution in [1.82, 2.24) is 5.32 Å². The minimum atomic E-state index is -0.517. The van der Waals surface area contributed by atoms with E-state index in [0.717, 1.165) is 11.3 Å². The van der Waals surface area contributed by atoms with Crippen LogP contribution in [0, 0.1) is 6.92 Å². The topological polar surface area (TPSA) is 41.5 Å². The molecule has 20 heavy (non-hydrogen) atoms. The van der Waals surface area contributed by atoms with Crippen LogP contribution >= 0.6 is 11.3 Å². The van der Waals surface area contributed by atoms with E-state index in [-0.39, 0.29) is 6.04 Å². The highest BCUT2D eigenvalue weighted by Gasteiger charge is 2.09. The van der Waals surface area contributed by atoms with Gasteiger partial charge in [0.05, 0.1) is 0 Å². The Morgan fingerprint density at radius 2 is 2.20 bits per heavy atom. The quantitative estimate of drug-likeness (QED) is 0.823. The van der Waals surface area contributed by atoms with E-state index >= 15 is 0 Å². The summed E-state index contributed by atoms with van der Waals surface area (Å²) in [6.45, 7) is 4.93. The predicted molar refractivity (Wildman–Crippen MR) is 83.4 cm³/mol. The summed E-state index contributed by atoms with van der Waals surface area (Å²) in [6.07, 6.45) is -0.517. The first kappa shape index (κ1) is 15.0. The van der Waals surface area contributed by atoms with E-state index in [0.29, 0.717) is 13.2 Å². The van der Waals surface area contributed by atoms with E-state index in [1.165, 1.54) is 5.56 Å². The summed E-state index contributed by atoms with van der Waals surface area (Å²) in [5.41, 5.74) is 2.41. The first-order valence-corrected chi connectivity index (χ1v) is 7.72. The molecule has 2 unspecified atom stereocenters. The number of benzene rings is 1. The molecule has 0 bridgehead atoms. The Balaban J connectivity index is 1.71. The summed E-state index contributed by atoms with van der Waals surface area (Å²) in [6, 6.07) is 10.2. The van der Waals surface area contributed by atoms with E-state index < -0.39 is 6.10 Å². The van der Waals surface area contributed by atoms with Crippen LogP contribution in [0.2, 0.25) is 0 Å². The van der Waals surface area contributed by atoms with Gasteiger partial charge in [0.2, 0.25) is 0 Å². The molecule has 0 spiro atoms. The Hall–Kier alpha value is -1.36. The van der Waals surface area contributed by atoms with Crippen molar-refractivity contribution < 1.29 is 9.84 Å². The second kappa shape index (κ2) is 7.43. The van der Waals surface area contributed by atoms with Gasteiger partial charge in [-0.1, -0.05) is 12.1 Å². The van der Waals surface area contributed by atoms with Crippen LogP contribution in [-0.2, 0) is 0 Å². The van der Waals surface area contributed by atoms with Crippen LogP contribution in [0.3, 0.4) is 0 Å². The van der Waals surface area contributed by atoms with E-state index in [2.05, 4.69) is 29.1 Å². The van der Waals surface area contributed by atoms with Crippen LogP contribution in [0.15, 0.2) is 41.1 Å². The lowest BCUT2D eigenvalue weighted by Gasteiger charge is -2.17. The second-order valence-electron chi connectivity index (χ2n) is 4.97. The minimum Gasteiger partial charge on any atom is -0.491 e. The number of nitrogens with one attached hydrogen (secondary N) is 1. The minimum absolute atomic E-state index is 0.245. The van der Waals surface area contributed by atoms with E-state index in [1.807, 2.05) is 31.2 Å². The molecule has 0 fully saturated rings. The molecule has 1 heterocycles. The second-order valence-corrected chi connectivity index (χ2v) is 5.75. The molecule has 1 aromatic heterocycles. The largest absolute Gasteiger partial charge is 0.491 e. The summed E-state index contributed by atoms with van der Waals surface area (Å²) < 4.78 is 5.58. The highest BCUT2D eigenvalue weighted by molar-refractivity contribution is 7.07. The smallest absolute Gasteiger partial charge is 0.119 e. The monoisotopic (exact) mass is 291 g/mol. The maximum Gasteiger partial charge on any atom is 0.119 e. The molecule has 0 amide bonds. The van der Waals surface area contributed by atoms with Gasteiger partial charge in [0.25, 0.3) is 0 Å². The fourth-order valence-electron chi connectivity index (χ4n) is 1.91. The van der Waals surface area contributed by atoms with E-state index in [4.69, 9.17) is 4.74 Å². The fourth-order valence-corrected chi connectivity index (χ4v) is 2.66. The Morgan fingerprint density at radius 1 is 1.35 bits per heavy atom. The molecule has 0 saturated carbocycles. The number of hydrogen-bond donors (Lipinski definition) is 2. The first-order valence-electron chi connectivity index (χ1n) is 6.78. The average Bonchev–Trinajstić information content (AvgIpc) is 2.97. The Kier molecular flexibility index (Phi) is 5.59. The Morgan fingerprint density at radius 3 is 2.90 bits per heavy atom. The number of thiophene rings is 1. The van der Waals surface area contributed by atoms with Gasteiger partial charge in [-0.05, 0) is 53.9 Å². The van der Waals surface area contributed by atoms with E-state index in [9.17, 15) is 5.11 Å². The molecule has 3 nitrogen and oxygen atoms in total. The molecule has 108 valence electrons. The normalized spacial score (nSPS) is 13.9. The fraction of sp³-hybridized carbons (Fsp3) is 0.375. The van der Waals surface area contributed by atoms with Gasteiger partial charge in [-0.15, -0.1) is 0 Å². The molecule has 2 rings (SSSR count). The third-order valence-corrected chi connectivity index (χ3v) is 3.84. The van der Waals surface area contributed by atoms with Gasteiger partial charge >= 0.3 is 0 Å². The van der Waals surface area contributed by atoms with Gasteiger partial charge in [-0.25, -0.2) is 0 Å². The lowest BCUT2D eigenvalue weighted by atomic mass is 10.2. The molecular weight excluding hydrogens is 270 g/mol. The third kappa shape index (κ3) is 4.63. The zero-order valence-electron chi connectivity index (χ0n) is 11.9. The van der Waals surface area contributed by atoms with Crippen molar-refractivity contribution in [1.29, 1.82) is 0 Å². The standard InChI is InChI=1S/C16H21NO2S/c1-12-4-3-5-16(8-12)19-10-15(18)9-17-13(2)14-6-7-20-11-14/h3-8,11,13,15,17-18H,9-10H2,1-2H3. The number of aryl methyl sites for hydroxylation is 1. The zero-order valence-corrected chi connectivity index (χ0v) is 12.7. The van der Waals surface area contributed by atoms with E-state index in [1.54, 1.807) is 11.3 Å². The third-order valence-electron chi connectivity index (χ3n) is 3.13. The summed E-state index contributed by atoms with van der Waals surface area (Å²) in [5, 5.41) is 17.4. The van der Waals surface area contributed by atoms with Crippen molar-refractivity contribution in [2.75, 3.05) is 13.2 Å². The van der Waals surface area contributed by atoms with Crippen LogP contribution in [0.1, 0.15) is 24.1 Å². The maximum absolute atomic E-state index is 9.94. The van der Waals surface area contributed by atoms with Gasteiger partial charge in [0.1, 0.15) is 18.5 Å². The van der Waals surface area contributed by atoms with Gasteiger partial charge in [-0.3, -0.25) is 0 Å². The Labute approximate surface area is 124 Å². The van der Waals surface area contributed by atoms with Crippen LogP contribution in [0.5, 0.6) is 5.75 Å². The molecule has 2 N–H and O–H groups in total. The maximum atomic E-state index is 9.94. The Bertz CT molecular complexity index is 513. The van der Waals surface area contributed by atoms with Crippen LogP contribution in [-0.4, -0.2) is 24.4 Å². The summed E-state index contributed by atoms with van der Waals surface area (Å²) in [4.78, 5) is 0. The summed E-state index contributed by atoms with van der Waals surface area (Å²) in [7, 11) is 0. The molecule has 2 atom stereocenters. The zero-order chi connectivity index (χ0) is 14.4. The number of rotatable bonds is 7. The highest BCUT2D eigenvalue weighted by Crippen LogP contribution is 2.15. The van der Waals surface area contributed by atoms with Gasteiger partial charge in [-0.2, -0.15) is 11.3 Å². The van der Waals surface area contributed by atoms with Crippen LogP contribution < -0.4 is 10.1 Å². The molecule has 0 aliphatic rings. The van der Waals surface area contributed by atoms with Crippen molar-refractivity contribution in [2.45, 2.75) is 26.0 Å². The molecule has 0 aliphatic heterocycles. The van der Waals surface area contributed by atoms with Gasteiger partial charge < -0.3 is 15.2 Å². The molecular formula is C16H21NO2S. The lowest BCUT2D eigenvalue weighted by molar-refractivity contribution is 0.104. The van der Waals surface area contributed by atoms with Crippen molar-refractivity contribution in [3.63, 3.8) is 0 Å². The molecule has 4 heteroatoms. The highest BCUT2D eigenvalue weighted by atomic mass is 32.1. The lowest BCUT2D eigenvalue weighted by Crippen LogP contribution is -2.32. The molecule has 0 aliphatic carbocycles. The number of hydrogen-bond acceptors (Lipinski definition) is 4. The number of aliphatic hydroxyl groups is 1. The molecule has 0 radical (unpaired) electrons. The van der Waals surface area contributed by atoms with Crippen molar-refractivity contribution in [3.05, 3.63) is 52.2 Å². The van der Waals surface area contributed by atoms with Crippen molar-refractivity contribution in [3.8, 4) is 5.75 Å². The molecule has 0 saturated heterocycles. The SMILES string of the molecule is Cc1cccc(OCC(O)CNC(C)c2ccsc2)c1. The van der Waals surface area contributed by atoms with Crippen molar-refractivity contribution >= 4 is 11.3 Å². The summed E-state index contributed by atoms with van der Waals surface area (Å²) >= 11 is 1.68. The van der Waals surface area contributed by atoms with Gasteiger partial charge in [0, 0.05) is 12.6 Å². The van der Waals surface area contributed by atoms with Crippen LogP contribution in [0.4, 0.5) is 0 Å². The molecule has 1 aromatic carbocycles. The van der Waals surface area contributed by atoms with Gasteiger partial charge in [0.15, 0.2) is 0 Å². The number of ether oxygens (including phenoxy) is 1.